The summed E-state index contributed by atoms with van der Waals surface area (Å²) in [5, 5.41) is 1.49. The second-order valence-electron chi connectivity index (χ2n) is 8.77. The van der Waals surface area contributed by atoms with Crippen LogP contribution in [0, 0.1) is 0 Å². The fourth-order valence-corrected chi connectivity index (χ4v) is 5.01. The molecule has 176 valence electrons. The number of benzene rings is 2. The van der Waals surface area contributed by atoms with E-state index in [2.05, 4.69) is 0 Å². The third kappa shape index (κ3) is 3.97. The Morgan fingerprint density at radius 1 is 0.886 bits per heavy atom. The minimum absolute atomic E-state index is 0.0880. The Labute approximate surface area is 209 Å². The summed E-state index contributed by atoms with van der Waals surface area (Å²) in [6.45, 7) is 0. The lowest BCUT2D eigenvalue weighted by Crippen LogP contribution is -2.14. The molecule has 2 aromatic carbocycles. The average Bonchev–Trinajstić information content (AvgIpc) is 3.19. The minimum atomic E-state index is -0.308. The second-order valence-corrected chi connectivity index (χ2v) is 9.65. The van der Waals surface area contributed by atoms with Crippen molar-refractivity contribution in [2.75, 3.05) is 0 Å². The number of ether oxygens (including phenoxy) is 1. The van der Waals surface area contributed by atoms with Gasteiger partial charge in [-0.2, -0.15) is 0 Å². The van der Waals surface area contributed by atoms with E-state index in [9.17, 15) is 9.59 Å². The summed E-state index contributed by atoms with van der Waals surface area (Å²) in [6, 6.07) is 9.80. The van der Waals surface area contributed by atoms with Gasteiger partial charge in [0.05, 0.1) is 22.4 Å². The molecule has 6 rings (SSSR count). The molecule has 0 amide bonds. The Hall–Kier alpha value is -3.35. The molecule has 0 unspecified atom stereocenters. The monoisotopic (exact) mass is 507 g/mol. The van der Waals surface area contributed by atoms with Gasteiger partial charge < -0.3 is 13.6 Å². The van der Waals surface area contributed by atoms with E-state index >= 15 is 0 Å². The van der Waals surface area contributed by atoms with Gasteiger partial charge in [0.1, 0.15) is 28.8 Å². The molecule has 2 aromatic heterocycles. The molecule has 2 aliphatic rings. The van der Waals surface area contributed by atoms with E-state index < -0.39 is 0 Å². The van der Waals surface area contributed by atoms with Crippen LogP contribution in [0.3, 0.4) is 0 Å². The molecule has 1 fully saturated rings. The standard InChI is InChI=1S/C27H19Cl2NO5/c28-15-6-8-20-18(11-15)24(31)14(13-33-20)10-22-23-25(32)19-12-16(29)7-9-21(19)34-26(23)27(35-22)30-17-4-2-1-3-5-17/h6-13,17H,1-5H2/b22-10-,30-27?. The molecule has 0 atom stereocenters. The molecular formula is C27H19Cl2NO5. The molecule has 6 nitrogen and oxygen atoms in total. The Bertz CT molecular complexity index is 1680. The lowest BCUT2D eigenvalue weighted by Gasteiger charge is -2.17. The highest BCUT2D eigenvalue weighted by molar-refractivity contribution is 6.31. The molecule has 1 aliphatic carbocycles. The van der Waals surface area contributed by atoms with E-state index in [1.807, 2.05) is 0 Å². The highest BCUT2D eigenvalue weighted by atomic mass is 35.5. The number of hydrogen-bond donors (Lipinski definition) is 0. The maximum atomic E-state index is 13.5. The van der Waals surface area contributed by atoms with Crippen LogP contribution in [-0.4, -0.2) is 11.9 Å². The third-order valence-electron chi connectivity index (χ3n) is 6.42. The predicted octanol–water partition coefficient (Wildman–Crippen LogP) is 6.81. The van der Waals surface area contributed by atoms with Crippen LogP contribution >= 0.6 is 23.2 Å². The Balaban J connectivity index is 1.56. The third-order valence-corrected chi connectivity index (χ3v) is 6.89. The molecule has 8 heteroatoms. The first-order valence-electron chi connectivity index (χ1n) is 11.4. The highest BCUT2D eigenvalue weighted by Crippen LogP contribution is 2.34. The van der Waals surface area contributed by atoms with Gasteiger partial charge in [0.15, 0.2) is 5.43 Å². The first-order valence-corrected chi connectivity index (χ1v) is 12.2. The maximum Gasteiger partial charge on any atom is 0.259 e. The van der Waals surface area contributed by atoms with Gasteiger partial charge >= 0.3 is 0 Å². The van der Waals surface area contributed by atoms with E-state index in [4.69, 9.17) is 41.8 Å². The van der Waals surface area contributed by atoms with Crippen LogP contribution in [0.15, 0.2) is 66.1 Å². The molecule has 35 heavy (non-hydrogen) atoms. The molecule has 0 radical (unpaired) electrons. The summed E-state index contributed by atoms with van der Waals surface area (Å²) in [6.07, 6.45) is 8.10. The number of rotatable bonds is 2. The Kier molecular flexibility index (Phi) is 5.50. The van der Waals surface area contributed by atoms with Crippen molar-refractivity contribution in [3.05, 3.63) is 90.0 Å². The summed E-state index contributed by atoms with van der Waals surface area (Å²) in [5.74, 6) is 0.689. The normalized spacial score (nSPS) is 18.5. The number of nitrogens with zero attached hydrogens (tertiary/aromatic N) is 1. The van der Waals surface area contributed by atoms with Crippen molar-refractivity contribution in [1.29, 1.82) is 0 Å². The van der Waals surface area contributed by atoms with Crippen molar-refractivity contribution < 1.29 is 13.6 Å². The number of aliphatic imine (C=N–C) groups is 1. The zero-order valence-electron chi connectivity index (χ0n) is 18.5. The first-order chi connectivity index (χ1) is 17.0. The van der Waals surface area contributed by atoms with Crippen LogP contribution in [0.2, 0.25) is 10.0 Å². The van der Waals surface area contributed by atoms with E-state index in [0.717, 1.165) is 25.7 Å². The largest absolute Gasteiger partial charge is 0.463 e. The molecule has 1 saturated carbocycles. The van der Waals surface area contributed by atoms with Crippen LogP contribution < -0.4 is 10.9 Å². The molecule has 0 N–H and O–H groups in total. The van der Waals surface area contributed by atoms with Crippen LogP contribution in [0.1, 0.15) is 49.0 Å². The zero-order chi connectivity index (χ0) is 24.1. The number of halogens is 2. The lowest BCUT2D eigenvalue weighted by atomic mass is 9.96. The van der Waals surface area contributed by atoms with Crippen molar-refractivity contribution in [3.63, 3.8) is 0 Å². The first kappa shape index (κ1) is 22.1. The van der Waals surface area contributed by atoms with Gasteiger partial charge in [-0.3, -0.25) is 9.59 Å². The Morgan fingerprint density at radius 3 is 2.31 bits per heavy atom. The van der Waals surface area contributed by atoms with Crippen molar-refractivity contribution in [2.45, 2.75) is 38.1 Å². The van der Waals surface area contributed by atoms with Gasteiger partial charge in [-0.15, -0.1) is 0 Å². The summed E-state index contributed by atoms with van der Waals surface area (Å²) in [7, 11) is 0. The molecule has 3 heterocycles. The van der Waals surface area contributed by atoms with E-state index in [0.29, 0.717) is 32.0 Å². The van der Waals surface area contributed by atoms with Crippen LogP contribution in [0.25, 0.3) is 33.8 Å². The second kappa shape index (κ2) is 8.70. The summed E-state index contributed by atoms with van der Waals surface area (Å²) in [5.41, 5.74) is 0.618. The molecule has 1 aliphatic heterocycles. The van der Waals surface area contributed by atoms with Crippen molar-refractivity contribution in [2.24, 2.45) is 4.99 Å². The molecule has 0 bridgehead atoms. The lowest BCUT2D eigenvalue weighted by molar-refractivity contribution is 0.427. The van der Waals surface area contributed by atoms with Crippen molar-refractivity contribution in [3.8, 4) is 0 Å². The quantitative estimate of drug-likeness (QED) is 0.297. The SMILES string of the molecule is O=c1c(/C=C2\OC(=NC3CCCCC3)c3oc4ccc(Cl)cc4c(=O)c32)coc2ccc(Cl)cc12. The van der Waals surface area contributed by atoms with Gasteiger partial charge in [0.25, 0.3) is 5.90 Å². The van der Waals surface area contributed by atoms with Gasteiger partial charge in [-0.25, -0.2) is 4.99 Å². The Morgan fingerprint density at radius 2 is 1.57 bits per heavy atom. The van der Waals surface area contributed by atoms with E-state index in [-0.39, 0.29) is 45.4 Å². The number of fused-ring (bicyclic) bond motifs is 3. The molecule has 4 aromatic rings. The number of hydrogen-bond acceptors (Lipinski definition) is 6. The molecule has 0 saturated heterocycles. The summed E-state index contributed by atoms with van der Waals surface area (Å²) < 4.78 is 17.8. The van der Waals surface area contributed by atoms with E-state index in [1.54, 1.807) is 36.4 Å². The average molecular weight is 508 g/mol. The zero-order valence-corrected chi connectivity index (χ0v) is 20.0. The van der Waals surface area contributed by atoms with Crippen molar-refractivity contribution in [1.82, 2.24) is 0 Å². The van der Waals surface area contributed by atoms with Gasteiger partial charge in [0, 0.05) is 10.0 Å². The van der Waals surface area contributed by atoms with Crippen molar-refractivity contribution >= 4 is 62.9 Å². The minimum Gasteiger partial charge on any atom is -0.463 e. The highest BCUT2D eigenvalue weighted by Gasteiger charge is 2.33. The molecular weight excluding hydrogens is 489 g/mol. The van der Waals surface area contributed by atoms with E-state index in [1.165, 1.54) is 18.8 Å². The fraction of sp³-hybridized carbons (Fsp3) is 0.222. The smallest absolute Gasteiger partial charge is 0.259 e. The van der Waals surface area contributed by atoms with Crippen LogP contribution in [-0.2, 0) is 4.74 Å². The van der Waals surface area contributed by atoms with Crippen LogP contribution in [0.5, 0.6) is 0 Å². The summed E-state index contributed by atoms with van der Waals surface area (Å²) in [4.78, 5) is 31.5. The van der Waals surface area contributed by atoms with Gasteiger partial charge in [-0.05, 0) is 55.3 Å². The maximum absolute atomic E-state index is 13.5. The topological polar surface area (TPSA) is 82.0 Å². The summed E-state index contributed by atoms with van der Waals surface area (Å²) >= 11 is 12.2. The molecule has 0 spiro atoms. The predicted molar refractivity (Wildman–Crippen MR) is 137 cm³/mol. The van der Waals surface area contributed by atoms with Crippen LogP contribution in [0.4, 0.5) is 0 Å². The fourth-order valence-electron chi connectivity index (χ4n) is 4.67. The van der Waals surface area contributed by atoms with Gasteiger partial charge in [-0.1, -0.05) is 42.5 Å². The van der Waals surface area contributed by atoms with Gasteiger partial charge in [0.2, 0.25) is 11.2 Å².